The summed E-state index contributed by atoms with van der Waals surface area (Å²) in [5.41, 5.74) is 2.28. The van der Waals surface area contributed by atoms with Gasteiger partial charge in [-0.15, -0.1) is 0 Å². The number of benzene rings is 2. The molecule has 20 heavy (non-hydrogen) atoms. The van der Waals surface area contributed by atoms with E-state index >= 15 is 0 Å². The summed E-state index contributed by atoms with van der Waals surface area (Å²) < 4.78 is 0. The lowest BCUT2D eigenvalue weighted by Gasteiger charge is -1.95. The van der Waals surface area contributed by atoms with Gasteiger partial charge in [0.05, 0.1) is 5.57 Å². The number of carbonyl (C=O) groups excluding carboxylic acids is 1. The standard InChI is InChI=1S/C18H13ClO/c1-14(20)17(13-16-5-3-2-4-6-16)10-7-15-8-11-18(19)12-9-15/h2-6,8-9,11-13H,1H3/b17-13+. The normalized spacial score (nSPS) is 10.6. The minimum absolute atomic E-state index is 0.0460. The van der Waals surface area contributed by atoms with E-state index in [1.54, 1.807) is 18.2 Å². The van der Waals surface area contributed by atoms with Crippen molar-refractivity contribution >= 4 is 23.5 Å². The first-order valence-corrected chi connectivity index (χ1v) is 6.58. The maximum absolute atomic E-state index is 11.6. The van der Waals surface area contributed by atoms with E-state index < -0.39 is 0 Å². The number of rotatable bonds is 2. The van der Waals surface area contributed by atoms with Crippen molar-refractivity contribution in [2.24, 2.45) is 0 Å². The van der Waals surface area contributed by atoms with Crippen molar-refractivity contribution < 1.29 is 4.79 Å². The average Bonchev–Trinajstić information content (AvgIpc) is 2.46. The van der Waals surface area contributed by atoms with Crippen LogP contribution in [0.25, 0.3) is 6.08 Å². The quantitative estimate of drug-likeness (QED) is 0.590. The van der Waals surface area contributed by atoms with Crippen LogP contribution < -0.4 is 0 Å². The Labute approximate surface area is 123 Å². The summed E-state index contributed by atoms with van der Waals surface area (Å²) in [4.78, 5) is 11.6. The molecule has 0 amide bonds. The van der Waals surface area contributed by atoms with Gasteiger partial charge in [-0.25, -0.2) is 0 Å². The summed E-state index contributed by atoms with van der Waals surface area (Å²) in [6.07, 6.45) is 1.80. The topological polar surface area (TPSA) is 17.1 Å². The third kappa shape index (κ3) is 4.12. The molecule has 0 aliphatic heterocycles. The summed E-state index contributed by atoms with van der Waals surface area (Å²) in [6.45, 7) is 1.52. The Hall–Kier alpha value is -2.30. The van der Waals surface area contributed by atoms with Gasteiger partial charge in [0.25, 0.3) is 0 Å². The van der Waals surface area contributed by atoms with Gasteiger partial charge in [-0.2, -0.15) is 0 Å². The summed E-state index contributed by atoms with van der Waals surface area (Å²) in [6, 6.07) is 16.9. The van der Waals surface area contributed by atoms with Gasteiger partial charge in [0.1, 0.15) is 0 Å². The Morgan fingerprint density at radius 2 is 1.70 bits per heavy atom. The molecule has 0 heterocycles. The van der Waals surface area contributed by atoms with Crippen molar-refractivity contribution in [3.05, 3.63) is 76.3 Å². The minimum atomic E-state index is -0.0460. The van der Waals surface area contributed by atoms with Crippen molar-refractivity contribution in [2.45, 2.75) is 6.92 Å². The van der Waals surface area contributed by atoms with Gasteiger partial charge in [0.15, 0.2) is 5.78 Å². The van der Waals surface area contributed by atoms with Gasteiger partial charge >= 0.3 is 0 Å². The Bertz CT molecular complexity index is 686. The third-order valence-corrected chi connectivity index (χ3v) is 2.93. The predicted molar refractivity (Wildman–Crippen MR) is 83.4 cm³/mol. The molecule has 2 heteroatoms. The number of hydrogen-bond donors (Lipinski definition) is 0. The van der Waals surface area contributed by atoms with Crippen LogP contribution in [0.5, 0.6) is 0 Å². The van der Waals surface area contributed by atoms with E-state index in [2.05, 4.69) is 11.8 Å². The molecule has 2 rings (SSSR count). The van der Waals surface area contributed by atoms with E-state index in [4.69, 9.17) is 11.6 Å². The molecular weight excluding hydrogens is 268 g/mol. The monoisotopic (exact) mass is 280 g/mol. The number of Topliss-reactive ketones (excluding diaryl/α,β-unsaturated/α-hetero) is 1. The SMILES string of the molecule is CC(=O)/C(C#Cc1ccc(Cl)cc1)=C/c1ccccc1. The molecule has 0 N–H and O–H groups in total. The van der Waals surface area contributed by atoms with Gasteiger partial charge < -0.3 is 0 Å². The fourth-order valence-electron chi connectivity index (χ4n) is 1.61. The second kappa shape index (κ2) is 6.75. The summed E-state index contributed by atoms with van der Waals surface area (Å²) >= 11 is 5.82. The third-order valence-electron chi connectivity index (χ3n) is 2.68. The molecule has 0 saturated carbocycles. The first kappa shape index (κ1) is 14.1. The van der Waals surface area contributed by atoms with Gasteiger partial charge in [-0.05, 0) is 42.8 Å². The van der Waals surface area contributed by atoms with Crippen LogP contribution in [-0.4, -0.2) is 5.78 Å². The van der Waals surface area contributed by atoms with Crippen molar-refractivity contribution in [3.8, 4) is 11.8 Å². The summed E-state index contributed by atoms with van der Waals surface area (Å²) in [7, 11) is 0. The molecule has 2 aromatic rings. The fourth-order valence-corrected chi connectivity index (χ4v) is 1.74. The molecule has 0 radical (unpaired) electrons. The molecule has 0 aliphatic carbocycles. The molecule has 0 fully saturated rings. The van der Waals surface area contributed by atoms with E-state index in [1.165, 1.54) is 6.92 Å². The lowest BCUT2D eigenvalue weighted by Crippen LogP contribution is -1.93. The van der Waals surface area contributed by atoms with Gasteiger partial charge in [-0.1, -0.05) is 53.8 Å². The Kier molecular flexibility index (Phi) is 4.76. The largest absolute Gasteiger partial charge is 0.294 e. The zero-order chi connectivity index (χ0) is 14.4. The van der Waals surface area contributed by atoms with Crippen molar-refractivity contribution in [1.82, 2.24) is 0 Å². The van der Waals surface area contributed by atoms with Crippen LogP contribution in [0.15, 0.2) is 60.2 Å². The second-order valence-corrected chi connectivity index (χ2v) is 4.72. The number of hydrogen-bond acceptors (Lipinski definition) is 1. The highest BCUT2D eigenvalue weighted by molar-refractivity contribution is 6.30. The highest BCUT2D eigenvalue weighted by atomic mass is 35.5. The number of allylic oxidation sites excluding steroid dienone is 1. The van der Waals surface area contributed by atoms with Gasteiger partial charge in [0.2, 0.25) is 0 Å². The van der Waals surface area contributed by atoms with E-state index in [0.29, 0.717) is 10.6 Å². The van der Waals surface area contributed by atoms with Crippen LogP contribution in [0.2, 0.25) is 5.02 Å². The average molecular weight is 281 g/mol. The molecule has 2 aromatic carbocycles. The van der Waals surface area contributed by atoms with Crippen molar-refractivity contribution in [3.63, 3.8) is 0 Å². The lowest BCUT2D eigenvalue weighted by atomic mass is 10.1. The van der Waals surface area contributed by atoms with E-state index in [9.17, 15) is 4.79 Å². The van der Waals surface area contributed by atoms with E-state index in [1.807, 2.05) is 42.5 Å². The second-order valence-electron chi connectivity index (χ2n) is 4.28. The van der Waals surface area contributed by atoms with Crippen LogP contribution >= 0.6 is 11.6 Å². The van der Waals surface area contributed by atoms with Crippen LogP contribution in [0, 0.1) is 11.8 Å². The van der Waals surface area contributed by atoms with Crippen molar-refractivity contribution in [1.29, 1.82) is 0 Å². The molecular formula is C18H13ClO. The Balaban J connectivity index is 2.30. The summed E-state index contributed by atoms with van der Waals surface area (Å²) in [5, 5.41) is 0.669. The smallest absolute Gasteiger partial charge is 0.168 e. The van der Waals surface area contributed by atoms with Crippen molar-refractivity contribution in [2.75, 3.05) is 0 Å². The molecule has 0 atom stereocenters. The van der Waals surface area contributed by atoms with Crippen LogP contribution in [0.1, 0.15) is 18.1 Å². The van der Waals surface area contributed by atoms with E-state index in [0.717, 1.165) is 11.1 Å². The number of halogens is 1. The molecule has 0 saturated heterocycles. The first-order valence-electron chi connectivity index (χ1n) is 6.20. The zero-order valence-corrected chi connectivity index (χ0v) is 11.8. The molecule has 0 aliphatic rings. The Morgan fingerprint density at radius 1 is 1.05 bits per heavy atom. The van der Waals surface area contributed by atoms with Gasteiger partial charge in [-0.3, -0.25) is 4.79 Å². The van der Waals surface area contributed by atoms with Crippen LogP contribution in [0.3, 0.4) is 0 Å². The fraction of sp³-hybridized carbons (Fsp3) is 0.0556. The Morgan fingerprint density at radius 3 is 2.30 bits per heavy atom. The molecule has 1 nitrogen and oxygen atoms in total. The van der Waals surface area contributed by atoms with Gasteiger partial charge in [0, 0.05) is 10.6 Å². The maximum atomic E-state index is 11.6. The highest BCUT2D eigenvalue weighted by Crippen LogP contribution is 2.10. The predicted octanol–water partition coefficient (Wildman–Crippen LogP) is 4.36. The van der Waals surface area contributed by atoms with Crippen LogP contribution in [0.4, 0.5) is 0 Å². The molecule has 0 unspecified atom stereocenters. The molecule has 0 aromatic heterocycles. The van der Waals surface area contributed by atoms with E-state index in [-0.39, 0.29) is 5.78 Å². The first-order chi connectivity index (χ1) is 9.65. The lowest BCUT2D eigenvalue weighted by molar-refractivity contribution is -0.113. The summed E-state index contributed by atoms with van der Waals surface area (Å²) in [5.74, 6) is 5.85. The number of carbonyl (C=O) groups is 1. The molecule has 0 spiro atoms. The highest BCUT2D eigenvalue weighted by Gasteiger charge is 2.00. The molecule has 98 valence electrons. The van der Waals surface area contributed by atoms with Crippen LogP contribution in [-0.2, 0) is 4.79 Å². The zero-order valence-electron chi connectivity index (χ0n) is 11.1. The molecule has 0 bridgehead atoms. The minimum Gasteiger partial charge on any atom is -0.294 e. The maximum Gasteiger partial charge on any atom is 0.168 e. The number of ketones is 1.